The zero-order valence-corrected chi connectivity index (χ0v) is 12.2. The Kier molecular flexibility index (Phi) is 9.12. The zero-order chi connectivity index (χ0) is 14.7. The highest BCUT2D eigenvalue weighted by atomic mass is 31.2. The molecule has 8 heteroatoms. The molecule has 0 radical (unpaired) electrons. The minimum atomic E-state index is -3.60. The number of ether oxygens (including phenoxy) is 2. The van der Waals surface area contributed by atoms with Crippen LogP contribution in [0.15, 0.2) is 11.9 Å². The molecule has 0 aliphatic carbocycles. The van der Waals surface area contributed by atoms with E-state index in [2.05, 4.69) is 9.47 Å². The summed E-state index contributed by atoms with van der Waals surface area (Å²) in [4.78, 5) is 21.1. The summed E-state index contributed by atoms with van der Waals surface area (Å²) in [5, 5.41) is 0. The maximum Gasteiger partial charge on any atom is 0.359 e. The molecular formula is C11H19O7P. The molecule has 0 aromatic rings. The molecule has 0 rings (SSSR count). The Bertz CT molecular complexity index is 340. The number of hydrogen-bond acceptors (Lipinski definition) is 7. The Morgan fingerprint density at radius 1 is 1.05 bits per heavy atom. The van der Waals surface area contributed by atoms with Crippen molar-refractivity contribution in [1.29, 1.82) is 0 Å². The Labute approximate surface area is 112 Å². The lowest BCUT2D eigenvalue weighted by Crippen LogP contribution is -2.07. The van der Waals surface area contributed by atoms with E-state index in [1.165, 1.54) is 19.7 Å². The zero-order valence-electron chi connectivity index (χ0n) is 11.3. The van der Waals surface area contributed by atoms with Gasteiger partial charge in [-0.3, -0.25) is 23.2 Å². The number of carbonyl (C=O) groups is 2. The standard InChI is InChI=1S/C11H19O7P/c1-4-5-6-7-19(14,17-8-15-10(2)12)18-9-16-11(3)13/h6-7H,4-5,8-9H2,1-3H3/b7-6+. The predicted molar refractivity (Wildman–Crippen MR) is 67.1 cm³/mol. The average molecular weight is 294 g/mol. The number of carbonyl (C=O) groups excluding carboxylic acids is 2. The van der Waals surface area contributed by atoms with Gasteiger partial charge in [-0.05, 0) is 6.42 Å². The summed E-state index contributed by atoms with van der Waals surface area (Å²) in [6.07, 6.45) is 3.19. The van der Waals surface area contributed by atoms with Crippen molar-refractivity contribution in [2.45, 2.75) is 33.6 Å². The molecule has 0 fully saturated rings. The molecule has 0 atom stereocenters. The van der Waals surface area contributed by atoms with Crippen molar-refractivity contribution in [3.63, 3.8) is 0 Å². The van der Waals surface area contributed by atoms with Gasteiger partial charge in [0.15, 0.2) is 0 Å². The lowest BCUT2D eigenvalue weighted by molar-refractivity contribution is -0.149. The maximum absolute atomic E-state index is 12.1. The number of unbranched alkanes of at least 4 members (excludes halogenated alkanes) is 1. The number of esters is 2. The van der Waals surface area contributed by atoms with Crippen molar-refractivity contribution in [1.82, 2.24) is 0 Å². The van der Waals surface area contributed by atoms with E-state index < -0.39 is 33.1 Å². The second-order valence-corrected chi connectivity index (χ2v) is 5.37. The van der Waals surface area contributed by atoms with Gasteiger partial charge in [-0.25, -0.2) is 0 Å². The minimum absolute atomic E-state index is 0.497. The normalized spacial score (nSPS) is 11.5. The van der Waals surface area contributed by atoms with Gasteiger partial charge in [0.2, 0.25) is 13.6 Å². The van der Waals surface area contributed by atoms with E-state index in [1.54, 1.807) is 6.08 Å². The van der Waals surface area contributed by atoms with Crippen molar-refractivity contribution < 1.29 is 32.7 Å². The Balaban J connectivity index is 4.39. The van der Waals surface area contributed by atoms with E-state index in [9.17, 15) is 14.2 Å². The monoisotopic (exact) mass is 294 g/mol. The highest BCUT2D eigenvalue weighted by molar-refractivity contribution is 7.57. The number of rotatable bonds is 9. The largest absolute Gasteiger partial charge is 0.438 e. The maximum atomic E-state index is 12.1. The van der Waals surface area contributed by atoms with Crippen LogP contribution in [-0.4, -0.2) is 25.5 Å². The molecule has 0 saturated heterocycles. The molecule has 0 aromatic carbocycles. The van der Waals surface area contributed by atoms with Crippen LogP contribution in [0.4, 0.5) is 0 Å². The molecular weight excluding hydrogens is 275 g/mol. The fraction of sp³-hybridized carbons (Fsp3) is 0.636. The third-order valence-electron chi connectivity index (χ3n) is 1.73. The lowest BCUT2D eigenvalue weighted by Gasteiger charge is -2.14. The quantitative estimate of drug-likeness (QED) is 0.367. The molecule has 19 heavy (non-hydrogen) atoms. The van der Waals surface area contributed by atoms with Gasteiger partial charge in [-0.2, -0.15) is 0 Å². The number of hydrogen-bond donors (Lipinski definition) is 0. The summed E-state index contributed by atoms with van der Waals surface area (Å²) in [5.74, 6) is 0.122. The summed E-state index contributed by atoms with van der Waals surface area (Å²) in [5.41, 5.74) is 0. The van der Waals surface area contributed by atoms with Gasteiger partial charge in [0.05, 0.1) is 0 Å². The molecule has 0 aromatic heterocycles. The molecule has 110 valence electrons. The van der Waals surface area contributed by atoms with Crippen LogP contribution in [0.25, 0.3) is 0 Å². The van der Waals surface area contributed by atoms with E-state index in [0.29, 0.717) is 6.42 Å². The van der Waals surface area contributed by atoms with Crippen LogP contribution in [0, 0.1) is 0 Å². The van der Waals surface area contributed by atoms with Gasteiger partial charge in [-0.1, -0.05) is 19.4 Å². The summed E-state index contributed by atoms with van der Waals surface area (Å²) >= 11 is 0. The Morgan fingerprint density at radius 2 is 1.53 bits per heavy atom. The minimum Gasteiger partial charge on any atom is -0.438 e. The van der Waals surface area contributed by atoms with Crippen LogP contribution >= 0.6 is 7.60 Å². The van der Waals surface area contributed by atoms with Crippen LogP contribution in [0.3, 0.4) is 0 Å². The van der Waals surface area contributed by atoms with E-state index in [4.69, 9.17) is 9.05 Å². The fourth-order valence-electron chi connectivity index (χ4n) is 0.859. The van der Waals surface area contributed by atoms with E-state index in [1.807, 2.05) is 6.92 Å². The van der Waals surface area contributed by atoms with E-state index in [-0.39, 0.29) is 0 Å². The molecule has 7 nitrogen and oxygen atoms in total. The van der Waals surface area contributed by atoms with Crippen LogP contribution in [0.2, 0.25) is 0 Å². The first-order valence-electron chi connectivity index (χ1n) is 5.73. The molecule has 0 unspecified atom stereocenters. The van der Waals surface area contributed by atoms with Crippen LogP contribution in [-0.2, 0) is 32.7 Å². The third-order valence-corrected chi connectivity index (χ3v) is 3.24. The van der Waals surface area contributed by atoms with Crippen molar-refractivity contribution >= 4 is 19.5 Å². The van der Waals surface area contributed by atoms with Crippen LogP contribution < -0.4 is 0 Å². The van der Waals surface area contributed by atoms with Gasteiger partial charge in [0.25, 0.3) is 0 Å². The first-order valence-corrected chi connectivity index (χ1v) is 7.34. The van der Waals surface area contributed by atoms with Gasteiger partial charge >= 0.3 is 19.5 Å². The van der Waals surface area contributed by atoms with E-state index >= 15 is 0 Å². The number of allylic oxidation sites excluding steroid dienone is 1. The predicted octanol–water partition coefficient (Wildman–Crippen LogP) is 2.57. The molecule has 0 aliphatic heterocycles. The van der Waals surface area contributed by atoms with Gasteiger partial charge in [0.1, 0.15) is 0 Å². The summed E-state index contributed by atoms with van der Waals surface area (Å²) in [6, 6.07) is 0. The van der Waals surface area contributed by atoms with Gasteiger partial charge in [-0.15, -0.1) is 0 Å². The SMILES string of the molecule is CCC/C=C/P(=O)(OCOC(C)=O)OCOC(C)=O. The highest BCUT2D eigenvalue weighted by Crippen LogP contribution is 2.49. The first-order chi connectivity index (χ1) is 8.89. The van der Waals surface area contributed by atoms with Crippen molar-refractivity contribution in [2.24, 2.45) is 0 Å². The van der Waals surface area contributed by atoms with Gasteiger partial charge < -0.3 is 9.47 Å². The van der Waals surface area contributed by atoms with Crippen molar-refractivity contribution in [3.05, 3.63) is 11.9 Å². The molecule has 0 amide bonds. The van der Waals surface area contributed by atoms with Crippen LogP contribution in [0.5, 0.6) is 0 Å². The second kappa shape index (κ2) is 9.72. The van der Waals surface area contributed by atoms with Crippen LogP contribution in [0.1, 0.15) is 33.6 Å². The Morgan fingerprint density at radius 3 is 1.89 bits per heavy atom. The smallest absolute Gasteiger partial charge is 0.359 e. The molecule has 0 saturated carbocycles. The fourth-order valence-corrected chi connectivity index (χ4v) is 1.91. The summed E-state index contributed by atoms with van der Waals surface area (Å²) < 4.78 is 30.9. The van der Waals surface area contributed by atoms with E-state index in [0.717, 1.165) is 6.42 Å². The Hall–Kier alpha value is -1.17. The molecule has 0 heterocycles. The van der Waals surface area contributed by atoms with Crippen molar-refractivity contribution in [2.75, 3.05) is 13.6 Å². The first kappa shape index (κ1) is 17.8. The summed E-state index contributed by atoms with van der Waals surface area (Å²) in [7, 11) is -3.60. The lowest BCUT2D eigenvalue weighted by atomic mass is 10.3. The summed E-state index contributed by atoms with van der Waals surface area (Å²) in [6.45, 7) is 3.35. The molecule has 0 aliphatic rings. The van der Waals surface area contributed by atoms with Crippen molar-refractivity contribution in [3.8, 4) is 0 Å². The van der Waals surface area contributed by atoms with Gasteiger partial charge in [0, 0.05) is 19.7 Å². The molecule has 0 spiro atoms. The highest BCUT2D eigenvalue weighted by Gasteiger charge is 2.22. The third kappa shape index (κ3) is 10.4. The molecule has 0 bridgehead atoms. The average Bonchev–Trinajstić information content (AvgIpc) is 2.28. The topological polar surface area (TPSA) is 88.1 Å². The second-order valence-electron chi connectivity index (χ2n) is 3.48. The molecule has 0 N–H and O–H groups in total.